The molecule has 0 aromatic heterocycles. The Balaban J connectivity index is 2.16. The number of amides is 2. The van der Waals surface area contributed by atoms with Crippen molar-refractivity contribution < 1.29 is 18.0 Å². The minimum atomic E-state index is -3.59. The summed E-state index contributed by atoms with van der Waals surface area (Å²) in [6.45, 7) is 1.86. The first-order valence-electron chi connectivity index (χ1n) is 10.1. The van der Waals surface area contributed by atoms with Gasteiger partial charge in [0.15, 0.2) is 0 Å². The molecule has 0 aliphatic heterocycles. The summed E-state index contributed by atoms with van der Waals surface area (Å²) in [6, 6.07) is 10.8. The number of nitrogens with zero attached hydrogens (tertiary/aromatic N) is 2. The zero-order chi connectivity index (χ0) is 24.8. The van der Waals surface area contributed by atoms with Gasteiger partial charge in [-0.2, -0.15) is 0 Å². The summed E-state index contributed by atoms with van der Waals surface area (Å²) in [5.74, 6) is -0.614. The molecule has 0 unspecified atom stereocenters. The van der Waals surface area contributed by atoms with Crippen molar-refractivity contribution in [3.8, 4) is 0 Å². The normalized spacial score (nSPS) is 12.2. The minimum Gasteiger partial charge on any atom is -0.357 e. The Morgan fingerprint density at radius 3 is 2.33 bits per heavy atom. The lowest BCUT2D eigenvalue weighted by atomic mass is 10.1. The molecule has 180 valence electrons. The molecule has 1 N–H and O–H groups in total. The van der Waals surface area contributed by atoms with Crippen molar-refractivity contribution >= 4 is 62.3 Å². The largest absolute Gasteiger partial charge is 0.357 e. The van der Waals surface area contributed by atoms with Crippen molar-refractivity contribution in [2.75, 3.05) is 24.2 Å². The van der Waals surface area contributed by atoms with Crippen LogP contribution in [0.15, 0.2) is 42.5 Å². The van der Waals surface area contributed by atoms with Gasteiger partial charge < -0.3 is 10.2 Å². The maximum atomic E-state index is 13.1. The van der Waals surface area contributed by atoms with Gasteiger partial charge in [-0.15, -0.1) is 0 Å². The Morgan fingerprint density at radius 1 is 1.06 bits per heavy atom. The Bertz CT molecular complexity index is 1110. The third-order valence-electron chi connectivity index (χ3n) is 5.00. The molecule has 0 fully saturated rings. The lowest BCUT2D eigenvalue weighted by Gasteiger charge is -2.29. The molecule has 7 nitrogen and oxygen atoms in total. The predicted molar refractivity (Wildman–Crippen MR) is 133 cm³/mol. The van der Waals surface area contributed by atoms with Gasteiger partial charge in [-0.05, 0) is 49.2 Å². The number of benzene rings is 2. The van der Waals surface area contributed by atoms with Crippen LogP contribution in [0.1, 0.15) is 25.3 Å². The Kier molecular flexibility index (Phi) is 9.84. The molecule has 0 saturated heterocycles. The van der Waals surface area contributed by atoms with E-state index >= 15 is 0 Å². The van der Waals surface area contributed by atoms with Gasteiger partial charge in [0.1, 0.15) is 6.04 Å². The summed E-state index contributed by atoms with van der Waals surface area (Å²) in [4.78, 5) is 26.8. The molecule has 0 aliphatic rings. The van der Waals surface area contributed by atoms with E-state index in [2.05, 4.69) is 5.32 Å². The van der Waals surface area contributed by atoms with E-state index in [9.17, 15) is 18.0 Å². The van der Waals surface area contributed by atoms with E-state index in [1.807, 2.05) is 0 Å². The van der Waals surface area contributed by atoms with Crippen molar-refractivity contribution in [2.24, 2.45) is 0 Å². The van der Waals surface area contributed by atoms with Crippen LogP contribution < -0.4 is 9.62 Å². The fourth-order valence-corrected chi connectivity index (χ4v) is 4.72. The number of hydrogen-bond donors (Lipinski definition) is 1. The zero-order valence-electron chi connectivity index (χ0n) is 18.5. The van der Waals surface area contributed by atoms with Crippen molar-refractivity contribution in [3.05, 3.63) is 63.1 Å². The molecule has 1 atom stereocenters. The summed E-state index contributed by atoms with van der Waals surface area (Å²) in [5, 5.41) is 3.69. The number of hydrogen-bond acceptors (Lipinski definition) is 4. The Labute approximate surface area is 209 Å². The van der Waals surface area contributed by atoms with Crippen LogP contribution in [0.25, 0.3) is 0 Å². The first-order chi connectivity index (χ1) is 15.4. The molecular formula is C22H26Cl3N3O4S. The molecule has 0 radical (unpaired) electrons. The van der Waals surface area contributed by atoms with Gasteiger partial charge in [-0.1, -0.05) is 46.9 Å². The Morgan fingerprint density at radius 2 is 1.76 bits per heavy atom. The Hall–Kier alpha value is -2.00. The second-order valence-corrected chi connectivity index (χ2v) is 10.6. The number of carbonyl (C=O) groups excluding carboxylic acids is 2. The van der Waals surface area contributed by atoms with E-state index < -0.39 is 16.1 Å². The maximum Gasteiger partial charge on any atom is 0.242 e. The van der Waals surface area contributed by atoms with E-state index in [0.717, 1.165) is 6.26 Å². The zero-order valence-corrected chi connectivity index (χ0v) is 21.6. The van der Waals surface area contributed by atoms with E-state index in [4.69, 9.17) is 34.8 Å². The second kappa shape index (κ2) is 11.9. The quantitative estimate of drug-likeness (QED) is 0.491. The fourth-order valence-electron chi connectivity index (χ4n) is 3.26. The average molecular weight is 535 g/mol. The summed E-state index contributed by atoms with van der Waals surface area (Å²) >= 11 is 18.1. The SMILES string of the molecule is CNC(=O)[C@H](C)N(Cc1ccc(Cl)c(Cl)c1)C(=O)CCCN(c1cccc(Cl)c1)S(C)(=O)=O. The number of sulfonamides is 1. The molecule has 11 heteroatoms. The molecule has 0 heterocycles. The van der Waals surface area contributed by atoms with Crippen molar-refractivity contribution in [1.29, 1.82) is 0 Å². The predicted octanol–water partition coefficient (Wildman–Crippen LogP) is 4.36. The van der Waals surface area contributed by atoms with Gasteiger partial charge in [0.05, 0.1) is 22.0 Å². The van der Waals surface area contributed by atoms with E-state index in [0.29, 0.717) is 26.3 Å². The standard InChI is InChI=1S/C22H26Cl3N3O4S/c1-15(22(30)26-2)27(14-16-9-10-19(24)20(25)12-16)21(29)8-5-11-28(33(3,31)32)18-7-4-6-17(23)13-18/h4,6-7,9-10,12-13,15H,5,8,11,14H2,1-3H3,(H,26,30)/t15-/m0/s1. The summed E-state index contributed by atoms with van der Waals surface area (Å²) in [5.41, 5.74) is 1.13. The molecule has 2 amide bonds. The number of nitrogens with one attached hydrogen (secondary N) is 1. The van der Waals surface area contributed by atoms with Gasteiger partial charge in [0, 0.05) is 31.6 Å². The minimum absolute atomic E-state index is 0.0369. The molecule has 0 saturated carbocycles. The van der Waals surface area contributed by atoms with E-state index in [1.54, 1.807) is 49.4 Å². The molecule has 0 spiro atoms. The van der Waals surface area contributed by atoms with Crippen molar-refractivity contribution in [1.82, 2.24) is 10.2 Å². The average Bonchev–Trinajstić information content (AvgIpc) is 2.75. The van der Waals surface area contributed by atoms with Crippen molar-refractivity contribution in [3.63, 3.8) is 0 Å². The summed E-state index contributed by atoms with van der Waals surface area (Å²) in [7, 11) is -2.09. The van der Waals surface area contributed by atoms with Crippen LogP contribution in [0.4, 0.5) is 5.69 Å². The molecule has 2 aromatic carbocycles. The summed E-state index contributed by atoms with van der Waals surface area (Å²) < 4.78 is 25.8. The third-order valence-corrected chi connectivity index (χ3v) is 7.17. The van der Waals surface area contributed by atoms with Crippen LogP contribution in [-0.4, -0.2) is 51.0 Å². The lowest BCUT2D eigenvalue weighted by Crippen LogP contribution is -2.46. The molecule has 2 rings (SSSR count). The molecule has 33 heavy (non-hydrogen) atoms. The van der Waals surface area contributed by atoms with Gasteiger partial charge in [0.25, 0.3) is 0 Å². The van der Waals surface area contributed by atoms with Crippen LogP contribution in [0.3, 0.4) is 0 Å². The smallest absolute Gasteiger partial charge is 0.242 e. The molecule has 0 bridgehead atoms. The molecule has 2 aromatic rings. The number of carbonyl (C=O) groups is 2. The van der Waals surface area contributed by atoms with Crippen molar-refractivity contribution in [2.45, 2.75) is 32.4 Å². The topological polar surface area (TPSA) is 86.8 Å². The first-order valence-corrected chi connectivity index (χ1v) is 13.1. The fraction of sp³-hybridized carbons (Fsp3) is 0.364. The van der Waals surface area contributed by atoms with Crippen LogP contribution in [0, 0.1) is 0 Å². The van der Waals surface area contributed by atoms with Crippen LogP contribution in [0.5, 0.6) is 0 Å². The summed E-state index contributed by atoms with van der Waals surface area (Å²) in [6.07, 6.45) is 1.38. The second-order valence-electron chi connectivity index (χ2n) is 7.48. The van der Waals surface area contributed by atoms with E-state index in [1.165, 1.54) is 16.3 Å². The molecule has 0 aliphatic carbocycles. The van der Waals surface area contributed by atoms with Gasteiger partial charge in [-0.25, -0.2) is 8.42 Å². The van der Waals surface area contributed by atoms with Crippen LogP contribution in [0.2, 0.25) is 15.1 Å². The number of halogens is 3. The monoisotopic (exact) mass is 533 g/mol. The number of anilines is 1. The number of rotatable bonds is 10. The number of likely N-dealkylation sites (N-methyl/N-ethyl adjacent to an activating group) is 1. The maximum absolute atomic E-state index is 13.1. The van der Waals surface area contributed by atoms with Gasteiger partial charge >= 0.3 is 0 Å². The highest BCUT2D eigenvalue weighted by atomic mass is 35.5. The third kappa shape index (κ3) is 7.78. The highest BCUT2D eigenvalue weighted by Gasteiger charge is 2.26. The van der Waals surface area contributed by atoms with Crippen LogP contribution >= 0.6 is 34.8 Å². The highest BCUT2D eigenvalue weighted by Crippen LogP contribution is 2.25. The van der Waals surface area contributed by atoms with Gasteiger partial charge in [0.2, 0.25) is 21.8 Å². The van der Waals surface area contributed by atoms with Crippen LogP contribution in [-0.2, 0) is 26.2 Å². The molecular weight excluding hydrogens is 509 g/mol. The first kappa shape index (κ1) is 27.2. The highest BCUT2D eigenvalue weighted by molar-refractivity contribution is 7.92. The van der Waals surface area contributed by atoms with E-state index in [-0.39, 0.29) is 37.7 Å². The lowest BCUT2D eigenvalue weighted by molar-refractivity contribution is -0.140. The van der Waals surface area contributed by atoms with Gasteiger partial charge in [-0.3, -0.25) is 13.9 Å².